The lowest BCUT2D eigenvalue weighted by molar-refractivity contribution is 0.454. The zero-order valence-corrected chi connectivity index (χ0v) is 11.2. The molecule has 3 rings (SSSR count). The van der Waals surface area contributed by atoms with Crippen molar-refractivity contribution in [1.82, 2.24) is 4.98 Å². The number of aromatic nitrogens is 1. The third-order valence-corrected chi connectivity index (χ3v) is 4.43. The van der Waals surface area contributed by atoms with Crippen molar-refractivity contribution in [1.29, 1.82) is 0 Å². The lowest BCUT2D eigenvalue weighted by Crippen LogP contribution is -2.32. The van der Waals surface area contributed by atoms with Gasteiger partial charge in [-0.05, 0) is 30.0 Å². The normalized spacial score (nSPS) is 17.5. The van der Waals surface area contributed by atoms with Crippen LogP contribution < -0.4 is 5.73 Å². The lowest BCUT2D eigenvalue weighted by atomic mass is 9.76. The standard InChI is InChI=1S/C17H20N2/c18-13-17(9-4-5-10-17)16-8-11-19-12-15(16)14-6-2-1-3-7-14/h1-3,6-8,11-12H,4-5,9-10,13,18H2. The number of benzene rings is 1. The Bertz CT molecular complexity index is 542. The second-order valence-electron chi connectivity index (χ2n) is 5.48. The number of pyridine rings is 1. The molecule has 2 aromatic rings. The zero-order valence-electron chi connectivity index (χ0n) is 11.2. The SMILES string of the molecule is NCC1(c2ccncc2-c2ccccc2)CCCC1. The fourth-order valence-corrected chi connectivity index (χ4v) is 3.34. The smallest absolute Gasteiger partial charge is 0.0349 e. The molecule has 0 radical (unpaired) electrons. The van der Waals surface area contributed by atoms with Crippen LogP contribution in [0.2, 0.25) is 0 Å². The number of hydrogen-bond donors (Lipinski definition) is 1. The van der Waals surface area contributed by atoms with Crippen LogP contribution in [0.3, 0.4) is 0 Å². The molecule has 0 unspecified atom stereocenters. The summed E-state index contributed by atoms with van der Waals surface area (Å²) in [5, 5.41) is 0. The molecule has 2 heteroatoms. The molecule has 1 saturated carbocycles. The third kappa shape index (κ3) is 2.17. The lowest BCUT2D eigenvalue weighted by Gasteiger charge is -2.30. The second kappa shape index (κ2) is 5.14. The van der Waals surface area contributed by atoms with Crippen LogP contribution in [0.4, 0.5) is 0 Å². The first-order valence-electron chi connectivity index (χ1n) is 7.06. The van der Waals surface area contributed by atoms with Crippen LogP contribution >= 0.6 is 0 Å². The molecule has 0 atom stereocenters. The van der Waals surface area contributed by atoms with E-state index in [0.29, 0.717) is 0 Å². The van der Waals surface area contributed by atoms with Gasteiger partial charge in [0.1, 0.15) is 0 Å². The van der Waals surface area contributed by atoms with Gasteiger partial charge in [0.05, 0.1) is 0 Å². The Hall–Kier alpha value is -1.67. The summed E-state index contributed by atoms with van der Waals surface area (Å²) in [6, 6.07) is 12.7. The number of nitrogens with zero attached hydrogens (tertiary/aromatic N) is 1. The monoisotopic (exact) mass is 252 g/mol. The van der Waals surface area contributed by atoms with Crippen molar-refractivity contribution < 1.29 is 0 Å². The topological polar surface area (TPSA) is 38.9 Å². The maximum absolute atomic E-state index is 6.13. The average Bonchev–Trinajstić information content (AvgIpc) is 2.98. The zero-order chi connectivity index (χ0) is 13.1. The first-order valence-corrected chi connectivity index (χ1v) is 7.06. The quantitative estimate of drug-likeness (QED) is 0.907. The number of nitrogens with two attached hydrogens (primary N) is 1. The van der Waals surface area contributed by atoms with Crippen LogP contribution in [0.25, 0.3) is 11.1 Å². The summed E-state index contributed by atoms with van der Waals surface area (Å²) < 4.78 is 0. The van der Waals surface area contributed by atoms with E-state index in [0.717, 1.165) is 6.54 Å². The molecule has 2 N–H and O–H groups in total. The Morgan fingerprint density at radius 1 is 1.05 bits per heavy atom. The predicted molar refractivity (Wildman–Crippen MR) is 78.9 cm³/mol. The fourth-order valence-electron chi connectivity index (χ4n) is 3.34. The summed E-state index contributed by atoms with van der Waals surface area (Å²) in [7, 11) is 0. The summed E-state index contributed by atoms with van der Waals surface area (Å²) >= 11 is 0. The van der Waals surface area contributed by atoms with Crippen LogP contribution in [-0.4, -0.2) is 11.5 Å². The molecule has 0 aliphatic heterocycles. The van der Waals surface area contributed by atoms with Crippen LogP contribution in [0.15, 0.2) is 48.8 Å². The minimum Gasteiger partial charge on any atom is -0.330 e. The van der Waals surface area contributed by atoms with Gasteiger partial charge >= 0.3 is 0 Å². The van der Waals surface area contributed by atoms with Gasteiger partial charge in [0.15, 0.2) is 0 Å². The van der Waals surface area contributed by atoms with E-state index in [2.05, 4.69) is 35.3 Å². The molecule has 1 fully saturated rings. The molecule has 19 heavy (non-hydrogen) atoms. The highest BCUT2D eigenvalue weighted by atomic mass is 14.7. The fraction of sp³-hybridized carbons (Fsp3) is 0.353. The first-order chi connectivity index (χ1) is 9.36. The van der Waals surface area contributed by atoms with Crippen molar-refractivity contribution in [2.75, 3.05) is 6.54 Å². The van der Waals surface area contributed by atoms with E-state index in [9.17, 15) is 0 Å². The van der Waals surface area contributed by atoms with Crippen molar-refractivity contribution in [3.63, 3.8) is 0 Å². The summed E-state index contributed by atoms with van der Waals surface area (Å²) in [6.07, 6.45) is 8.86. The number of hydrogen-bond acceptors (Lipinski definition) is 2. The van der Waals surface area contributed by atoms with Gasteiger partial charge in [0, 0.05) is 29.9 Å². The Morgan fingerprint density at radius 3 is 2.47 bits per heavy atom. The Morgan fingerprint density at radius 2 is 1.79 bits per heavy atom. The van der Waals surface area contributed by atoms with Crippen LogP contribution in [0, 0.1) is 0 Å². The molecule has 98 valence electrons. The maximum Gasteiger partial charge on any atom is 0.0349 e. The highest BCUT2D eigenvalue weighted by Gasteiger charge is 2.36. The molecule has 2 nitrogen and oxygen atoms in total. The summed E-state index contributed by atoms with van der Waals surface area (Å²) in [4.78, 5) is 4.32. The molecular formula is C17H20N2. The Balaban J connectivity index is 2.12. The summed E-state index contributed by atoms with van der Waals surface area (Å²) in [5.74, 6) is 0. The van der Waals surface area contributed by atoms with Gasteiger partial charge in [-0.2, -0.15) is 0 Å². The van der Waals surface area contributed by atoms with Gasteiger partial charge in [-0.25, -0.2) is 0 Å². The highest BCUT2D eigenvalue weighted by molar-refractivity contribution is 5.68. The third-order valence-electron chi connectivity index (χ3n) is 4.43. The average molecular weight is 252 g/mol. The highest BCUT2D eigenvalue weighted by Crippen LogP contribution is 2.43. The van der Waals surface area contributed by atoms with Crippen LogP contribution in [-0.2, 0) is 5.41 Å². The van der Waals surface area contributed by atoms with Crippen molar-refractivity contribution >= 4 is 0 Å². The molecule has 1 aromatic heterocycles. The van der Waals surface area contributed by atoms with E-state index < -0.39 is 0 Å². The van der Waals surface area contributed by atoms with Crippen LogP contribution in [0.5, 0.6) is 0 Å². The minimum atomic E-state index is 0.161. The molecular weight excluding hydrogens is 232 g/mol. The van der Waals surface area contributed by atoms with Gasteiger partial charge in [-0.1, -0.05) is 43.2 Å². The summed E-state index contributed by atoms with van der Waals surface area (Å²) in [5.41, 5.74) is 10.2. The van der Waals surface area contributed by atoms with Crippen molar-refractivity contribution in [2.24, 2.45) is 5.73 Å². The van der Waals surface area contributed by atoms with Gasteiger partial charge in [-0.15, -0.1) is 0 Å². The largest absolute Gasteiger partial charge is 0.330 e. The van der Waals surface area contributed by atoms with E-state index in [1.54, 1.807) is 0 Å². The van der Waals surface area contributed by atoms with Crippen molar-refractivity contribution in [3.05, 3.63) is 54.4 Å². The molecule has 0 amide bonds. The Labute approximate surface area is 114 Å². The van der Waals surface area contributed by atoms with Gasteiger partial charge in [-0.3, -0.25) is 4.98 Å². The molecule has 0 spiro atoms. The van der Waals surface area contributed by atoms with E-state index >= 15 is 0 Å². The van der Waals surface area contributed by atoms with E-state index in [4.69, 9.17) is 5.73 Å². The van der Waals surface area contributed by atoms with E-state index in [1.165, 1.54) is 42.4 Å². The number of rotatable bonds is 3. The van der Waals surface area contributed by atoms with Gasteiger partial charge < -0.3 is 5.73 Å². The second-order valence-corrected chi connectivity index (χ2v) is 5.48. The molecule has 0 bridgehead atoms. The maximum atomic E-state index is 6.13. The van der Waals surface area contributed by atoms with Gasteiger partial charge in [0.2, 0.25) is 0 Å². The first kappa shape index (κ1) is 12.4. The van der Waals surface area contributed by atoms with Gasteiger partial charge in [0.25, 0.3) is 0 Å². The molecule has 0 saturated heterocycles. The molecule has 1 aliphatic rings. The Kier molecular flexibility index (Phi) is 3.34. The van der Waals surface area contributed by atoms with E-state index in [-0.39, 0.29) is 5.41 Å². The van der Waals surface area contributed by atoms with Crippen molar-refractivity contribution in [3.8, 4) is 11.1 Å². The van der Waals surface area contributed by atoms with Crippen LogP contribution in [0.1, 0.15) is 31.2 Å². The molecule has 1 aromatic carbocycles. The van der Waals surface area contributed by atoms with E-state index in [1.807, 2.05) is 18.5 Å². The minimum absolute atomic E-state index is 0.161. The van der Waals surface area contributed by atoms with Crippen molar-refractivity contribution in [2.45, 2.75) is 31.1 Å². The molecule has 1 aliphatic carbocycles. The predicted octanol–water partition coefficient (Wildman–Crippen LogP) is 3.52. The summed E-state index contributed by atoms with van der Waals surface area (Å²) in [6.45, 7) is 0.733. The molecule has 1 heterocycles.